The number of alkyl halides is 3. The molecule has 5 aromatic carbocycles. The number of nitriles is 1. The first-order valence-corrected chi connectivity index (χ1v) is 27.2. The number of likely N-dealkylation sites (N-methyl/N-ethyl adjacent to an activating group) is 1. The maximum absolute atomic E-state index is 16.2. The van der Waals surface area contributed by atoms with E-state index in [-0.39, 0.29) is 76.6 Å². The molecule has 0 unspecified atom stereocenters. The van der Waals surface area contributed by atoms with Crippen LogP contribution in [0.25, 0.3) is 11.1 Å². The summed E-state index contributed by atoms with van der Waals surface area (Å²) in [4.78, 5) is 72.5. The number of anilines is 3. The zero-order valence-corrected chi connectivity index (χ0v) is 47.3. The van der Waals surface area contributed by atoms with Crippen molar-refractivity contribution in [3.05, 3.63) is 175 Å². The number of amides is 4. The van der Waals surface area contributed by atoms with E-state index in [1.807, 2.05) is 38.8 Å². The molecule has 3 heterocycles. The van der Waals surface area contributed by atoms with Gasteiger partial charge in [0.15, 0.2) is 0 Å². The Morgan fingerprint density at radius 3 is 2.10 bits per heavy atom. The largest absolute Gasteiger partial charge is 0.495 e. The smallest absolute Gasteiger partial charge is 0.417 e. The third-order valence-corrected chi connectivity index (χ3v) is 15.1. The number of nitrogens with one attached hydrogen (secondary N) is 6. The molecule has 6 N–H and O–H groups in total. The number of benzene rings is 5. The quantitative estimate of drug-likeness (QED) is 0.0352. The minimum atomic E-state index is -4.96. The second-order valence-corrected chi connectivity index (χ2v) is 22.2. The van der Waals surface area contributed by atoms with Crippen molar-refractivity contribution in [3.63, 3.8) is 0 Å². The fraction of sp³-hybridized carbons (Fsp3) is 0.333. The number of hydrogen-bond acceptors (Lipinski definition) is 11. The van der Waals surface area contributed by atoms with Crippen molar-refractivity contribution in [2.75, 3.05) is 82.2 Å². The highest BCUT2D eigenvalue weighted by Crippen LogP contribution is 2.53. The Kier molecular flexibility index (Phi) is 19.0. The first kappa shape index (κ1) is 61.2. The summed E-state index contributed by atoms with van der Waals surface area (Å²) < 4.78 is 85.2. The average molecular weight is 1190 g/mol. The third kappa shape index (κ3) is 14.0. The number of rotatable bonds is 18. The van der Waals surface area contributed by atoms with E-state index in [0.717, 1.165) is 25.4 Å². The summed E-state index contributed by atoms with van der Waals surface area (Å²) in [5, 5.41) is 25.3. The minimum Gasteiger partial charge on any atom is -0.495 e. The zero-order valence-electron chi connectivity index (χ0n) is 45.8. The Morgan fingerprint density at radius 2 is 1.46 bits per heavy atom. The summed E-state index contributed by atoms with van der Waals surface area (Å²) in [5.41, 5.74) is -2.83. The number of carbonyl (C=O) groups excluding carboxylic acids is 4. The monoisotopic (exact) mass is 1180 g/mol. The van der Waals surface area contributed by atoms with Gasteiger partial charge in [0, 0.05) is 85.2 Å². The fourth-order valence-corrected chi connectivity index (χ4v) is 10.9. The lowest BCUT2D eigenvalue weighted by Crippen LogP contribution is -2.45. The molecule has 0 bridgehead atoms. The predicted molar refractivity (Wildman–Crippen MR) is 306 cm³/mol. The van der Waals surface area contributed by atoms with Crippen molar-refractivity contribution < 1.29 is 50.6 Å². The lowest BCUT2D eigenvalue weighted by Gasteiger charge is -2.37. The topological polar surface area (TPSA) is 210 Å². The summed E-state index contributed by atoms with van der Waals surface area (Å²) >= 11 is 12.5. The fourth-order valence-electron chi connectivity index (χ4n) is 10.5. The van der Waals surface area contributed by atoms with Gasteiger partial charge in [-0.25, -0.2) is 8.78 Å². The molecule has 436 valence electrons. The van der Waals surface area contributed by atoms with Gasteiger partial charge in [0.25, 0.3) is 17.7 Å². The SMILES string of the molecule is COc1cc(C(=O)NCCOCCNC(=O)c2ccc(-c3ccc(N4CCN(C)CC4)c(NC(=O)c4c[nH]c(=O)cc4C(F)(F)F)c3)cc2)ccc1NC(=O)[C@@H]1N[C@@H](CC(C)(C)C)[C@](C#N)(c2ccc(Cl)cc2F)[C@H]1c1cccc(Cl)c1F. The number of methoxy groups -OCH3 is 1. The molecule has 2 aliphatic heterocycles. The number of carbonyl (C=O) groups is 4. The molecular weight excluding hydrogens is 1120 g/mol. The Labute approximate surface area is 485 Å². The summed E-state index contributed by atoms with van der Waals surface area (Å²) in [6.45, 7) is 8.80. The predicted octanol–water partition coefficient (Wildman–Crippen LogP) is 9.80. The van der Waals surface area contributed by atoms with E-state index in [9.17, 15) is 42.4 Å². The van der Waals surface area contributed by atoms with Crippen LogP contribution < -0.4 is 41.8 Å². The maximum atomic E-state index is 16.2. The number of ether oxygens (including phenoxy) is 2. The molecular formula is C60H60Cl2F5N9O7. The van der Waals surface area contributed by atoms with Crippen molar-refractivity contribution in [1.82, 2.24) is 25.8 Å². The number of hydrogen-bond donors (Lipinski definition) is 6. The van der Waals surface area contributed by atoms with Crippen LogP contribution in [0.4, 0.5) is 39.0 Å². The molecule has 2 saturated heterocycles. The standard InChI is InChI=1S/C60H60Cl2F5N9O7/c1-58(2,3)31-49-59(33-68,41-16-15-38(61)29-44(41)63)51(39-7-6-8-43(62)52(39)64)53(74-49)57(81)72-45-17-13-37(28-48(45)82-5)55(79)70-20-26-83-25-19-69-54(78)35-11-9-34(10-12-35)36-14-18-47(76-23-21-75(4)22-24-76)46(27-36)73-56(80)40-32-71-50(77)30-42(40)60(65,66)67/h6-18,27-30,32,49,51,53,74H,19-26,31H2,1-5H3,(H,69,78)(H,70,79)(H,71,77)(H,72,81)(H,73,80)/t49-,51-,53+,59-/m0/s1. The Morgan fingerprint density at radius 1 is 0.795 bits per heavy atom. The number of halogens is 7. The van der Waals surface area contributed by atoms with Crippen molar-refractivity contribution in [2.24, 2.45) is 5.41 Å². The van der Waals surface area contributed by atoms with Gasteiger partial charge in [-0.15, -0.1) is 0 Å². The molecule has 2 aliphatic rings. The molecule has 4 atom stereocenters. The third-order valence-electron chi connectivity index (χ3n) is 14.6. The molecule has 0 saturated carbocycles. The molecule has 0 spiro atoms. The second-order valence-electron chi connectivity index (χ2n) is 21.4. The van der Waals surface area contributed by atoms with Crippen molar-refractivity contribution >= 4 is 63.9 Å². The molecule has 16 nitrogen and oxygen atoms in total. The Bertz CT molecular complexity index is 3510. The van der Waals surface area contributed by atoms with Crippen LogP contribution in [0.3, 0.4) is 0 Å². The van der Waals surface area contributed by atoms with Crippen LogP contribution in [0.1, 0.15) is 80.9 Å². The molecule has 4 amide bonds. The van der Waals surface area contributed by atoms with Crippen LogP contribution in [-0.4, -0.2) is 112 Å². The molecule has 0 radical (unpaired) electrons. The van der Waals surface area contributed by atoms with Crippen LogP contribution >= 0.6 is 23.2 Å². The van der Waals surface area contributed by atoms with E-state index in [1.165, 1.54) is 55.6 Å². The van der Waals surface area contributed by atoms with Crippen molar-refractivity contribution in [1.29, 1.82) is 5.26 Å². The number of pyridine rings is 1. The van der Waals surface area contributed by atoms with Crippen LogP contribution in [-0.2, 0) is 21.1 Å². The lowest BCUT2D eigenvalue weighted by atomic mass is 9.62. The number of aromatic amines is 1. The number of H-pyrrole nitrogens is 1. The van der Waals surface area contributed by atoms with Crippen LogP contribution in [0.5, 0.6) is 5.75 Å². The molecule has 0 aliphatic carbocycles. The van der Waals surface area contributed by atoms with Gasteiger partial charge in [-0.1, -0.05) is 80.4 Å². The van der Waals surface area contributed by atoms with E-state index in [4.69, 9.17) is 32.7 Å². The van der Waals surface area contributed by atoms with Gasteiger partial charge >= 0.3 is 6.18 Å². The first-order valence-electron chi connectivity index (χ1n) is 26.4. The molecule has 2 fully saturated rings. The van der Waals surface area contributed by atoms with E-state index in [0.29, 0.717) is 41.5 Å². The first-order chi connectivity index (χ1) is 39.4. The number of nitrogens with zero attached hydrogens (tertiary/aromatic N) is 3. The van der Waals surface area contributed by atoms with E-state index in [2.05, 4.69) is 42.5 Å². The molecule has 8 rings (SSSR count). The van der Waals surface area contributed by atoms with Gasteiger partial charge in [0.05, 0.1) is 65.6 Å². The van der Waals surface area contributed by atoms with Gasteiger partial charge in [-0.3, -0.25) is 24.0 Å². The zero-order chi connectivity index (χ0) is 60.0. The summed E-state index contributed by atoms with van der Waals surface area (Å²) in [6.07, 6.45) is -3.95. The Hall–Kier alpha value is -7.87. The van der Waals surface area contributed by atoms with E-state index >= 15 is 8.78 Å². The lowest BCUT2D eigenvalue weighted by molar-refractivity contribution is -0.138. The van der Waals surface area contributed by atoms with Gasteiger partial charge in [-0.05, 0) is 96.2 Å². The normalized spacial score (nSPS) is 18.3. The van der Waals surface area contributed by atoms with Crippen LogP contribution in [0.2, 0.25) is 10.0 Å². The van der Waals surface area contributed by atoms with Crippen LogP contribution in [0.15, 0.2) is 114 Å². The van der Waals surface area contributed by atoms with Gasteiger partial charge in [0.2, 0.25) is 11.5 Å². The second kappa shape index (κ2) is 25.7. The highest BCUT2D eigenvalue weighted by molar-refractivity contribution is 6.31. The molecule has 83 heavy (non-hydrogen) atoms. The number of piperazine rings is 1. The summed E-state index contributed by atoms with van der Waals surface area (Å²) in [7, 11) is 3.31. The van der Waals surface area contributed by atoms with E-state index in [1.54, 1.807) is 36.4 Å². The van der Waals surface area contributed by atoms with Gasteiger partial charge in [0.1, 0.15) is 22.8 Å². The molecule has 6 aromatic rings. The van der Waals surface area contributed by atoms with Crippen molar-refractivity contribution in [3.8, 4) is 22.9 Å². The summed E-state index contributed by atoms with van der Waals surface area (Å²) in [6, 6.07) is 24.7. The number of aromatic nitrogens is 1. The highest BCUT2D eigenvalue weighted by Gasteiger charge is 2.61. The van der Waals surface area contributed by atoms with Gasteiger partial charge in [-0.2, -0.15) is 18.4 Å². The van der Waals surface area contributed by atoms with E-state index < -0.39 is 87.0 Å². The van der Waals surface area contributed by atoms with Crippen molar-refractivity contribution in [2.45, 2.75) is 56.8 Å². The Balaban J connectivity index is 0.861. The van der Waals surface area contributed by atoms with Crippen LogP contribution in [0, 0.1) is 28.4 Å². The summed E-state index contributed by atoms with van der Waals surface area (Å²) in [5.74, 6) is -5.56. The average Bonchev–Trinajstić information content (AvgIpc) is 2.52. The minimum absolute atomic E-state index is 0.0759. The maximum Gasteiger partial charge on any atom is 0.417 e. The molecule has 23 heteroatoms. The van der Waals surface area contributed by atoms with Gasteiger partial charge < -0.3 is 50.8 Å². The highest BCUT2D eigenvalue weighted by atomic mass is 35.5. The molecule has 1 aromatic heterocycles.